The van der Waals surface area contributed by atoms with Gasteiger partial charge >= 0.3 is 6.18 Å². The van der Waals surface area contributed by atoms with Gasteiger partial charge < -0.3 is 4.74 Å². The summed E-state index contributed by atoms with van der Waals surface area (Å²) in [7, 11) is 0. The third-order valence-corrected chi connectivity index (χ3v) is 2.45. The Hall–Kier alpha value is -1.23. The Balaban J connectivity index is 2.67. The van der Waals surface area contributed by atoms with E-state index >= 15 is 0 Å². The van der Waals surface area contributed by atoms with Crippen molar-refractivity contribution in [3.8, 4) is 5.75 Å². The molecule has 0 saturated heterocycles. The van der Waals surface area contributed by atoms with E-state index in [0.29, 0.717) is 0 Å². The van der Waals surface area contributed by atoms with Crippen LogP contribution >= 0.6 is 11.6 Å². The van der Waals surface area contributed by atoms with E-state index in [0.717, 1.165) is 6.07 Å². The quantitative estimate of drug-likeness (QED) is 0.706. The van der Waals surface area contributed by atoms with Crippen LogP contribution in [0.25, 0.3) is 0 Å². The molecule has 0 saturated carbocycles. The number of rotatable bonds is 0. The van der Waals surface area contributed by atoms with E-state index in [1.807, 2.05) is 0 Å². The molecule has 16 heavy (non-hydrogen) atoms. The van der Waals surface area contributed by atoms with Crippen molar-refractivity contribution in [1.82, 2.24) is 0 Å². The summed E-state index contributed by atoms with van der Waals surface area (Å²) in [6.07, 6.45) is -4.50. The van der Waals surface area contributed by atoms with Gasteiger partial charge in [-0.15, -0.1) is 0 Å². The van der Waals surface area contributed by atoms with Gasteiger partial charge in [0.15, 0.2) is 5.78 Å². The molecule has 0 amide bonds. The van der Waals surface area contributed by atoms with Gasteiger partial charge in [-0.2, -0.15) is 13.2 Å². The second kappa shape index (κ2) is 3.66. The first-order chi connectivity index (χ1) is 7.39. The Kier molecular flexibility index (Phi) is 2.58. The topological polar surface area (TPSA) is 26.3 Å². The van der Waals surface area contributed by atoms with Gasteiger partial charge in [0.05, 0.1) is 17.7 Å². The summed E-state index contributed by atoms with van der Waals surface area (Å²) in [5, 5.41) is -0.120. The van der Waals surface area contributed by atoms with E-state index in [4.69, 9.17) is 16.3 Å². The van der Waals surface area contributed by atoms with Crippen LogP contribution in [0.15, 0.2) is 12.1 Å². The first-order valence-corrected chi connectivity index (χ1v) is 4.84. The monoisotopic (exact) mass is 250 g/mol. The van der Waals surface area contributed by atoms with Crippen LogP contribution in [0, 0.1) is 0 Å². The van der Waals surface area contributed by atoms with Crippen LogP contribution < -0.4 is 4.74 Å². The molecule has 86 valence electrons. The molecule has 2 nitrogen and oxygen atoms in total. The number of carbonyl (C=O) groups is 1. The zero-order valence-electron chi connectivity index (χ0n) is 7.90. The molecular weight excluding hydrogens is 245 g/mol. The van der Waals surface area contributed by atoms with Gasteiger partial charge in [-0.05, 0) is 12.1 Å². The third kappa shape index (κ3) is 1.87. The van der Waals surface area contributed by atoms with E-state index in [1.54, 1.807) is 0 Å². The number of halogens is 4. The summed E-state index contributed by atoms with van der Waals surface area (Å²) >= 11 is 5.55. The van der Waals surface area contributed by atoms with Crippen molar-refractivity contribution in [1.29, 1.82) is 0 Å². The number of Topliss-reactive ketones (excluding diaryl/α,β-unsaturated/α-hetero) is 1. The fraction of sp³-hybridized carbons (Fsp3) is 0.300. The lowest BCUT2D eigenvalue weighted by Crippen LogP contribution is -2.19. The van der Waals surface area contributed by atoms with Gasteiger partial charge in [-0.25, -0.2) is 0 Å². The molecule has 0 bridgehead atoms. The summed E-state index contributed by atoms with van der Waals surface area (Å²) in [6.45, 7) is -0.0312. The van der Waals surface area contributed by atoms with Gasteiger partial charge in [0.2, 0.25) is 0 Å². The minimum Gasteiger partial charge on any atom is -0.492 e. The molecule has 0 fully saturated rings. The van der Waals surface area contributed by atoms with Crippen LogP contribution in [-0.2, 0) is 6.18 Å². The Morgan fingerprint density at radius 3 is 2.62 bits per heavy atom. The van der Waals surface area contributed by atoms with Gasteiger partial charge in [-0.1, -0.05) is 11.6 Å². The Bertz CT molecular complexity index is 454. The summed E-state index contributed by atoms with van der Waals surface area (Å²) < 4.78 is 42.8. The molecule has 1 aromatic rings. The molecule has 1 aromatic carbocycles. The van der Waals surface area contributed by atoms with E-state index in [2.05, 4.69) is 0 Å². The fourth-order valence-electron chi connectivity index (χ4n) is 1.55. The van der Waals surface area contributed by atoms with E-state index in [9.17, 15) is 18.0 Å². The maximum absolute atomic E-state index is 12.6. The summed E-state index contributed by atoms with van der Waals surface area (Å²) in [4.78, 5) is 11.4. The number of hydrogen-bond donors (Lipinski definition) is 0. The molecule has 0 N–H and O–H groups in total. The van der Waals surface area contributed by atoms with Crippen molar-refractivity contribution >= 4 is 17.4 Å². The Morgan fingerprint density at radius 1 is 1.31 bits per heavy atom. The van der Waals surface area contributed by atoms with Crippen LogP contribution in [0.4, 0.5) is 13.2 Å². The van der Waals surface area contributed by atoms with Crippen LogP contribution in [0.2, 0.25) is 5.02 Å². The molecule has 1 aliphatic heterocycles. The first kappa shape index (κ1) is 11.3. The highest BCUT2D eigenvalue weighted by Gasteiger charge is 2.38. The van der Waals surface area contributed by atoms with Crippen molar-refractivity contribution in [2.24, 2.45) is 0 Å². The Labute approximate surface area is 94.0 Å². The van der Waals surface area contributed by atoms with E-state index in [1.165, 1.54) is 6.07 Å². The normalized spacial score (nSPS) is 15.6. The molecular formula is C10H6ClF3O2. The number of alkyl halides is 3. The minimum absolute atomic E-state index is 0.0312. The zero-order chi connectivity index (χ0) is 11.9. The molecule has 0 unspecified atom stereocenters. The fourth-order valence-corrected chi connectivity index (χ4v) is 1.77. The number of benzene rings is 1. The molecule has 0 spiro atoms. The van der Waals surface area contributed by atoms with Crippen LogP contribution in [0.3, 0.4) is 0 Å². The highest BCUT2D eigenvalue weighted by atomic mass is 35.5. The lowest BCUT2D eigenvalue weighted by molar-refractivity contribution is -0.139. The SMILES string of the molecule is O=C1CCOc2c1cc(Cl)cc2C(F)(F)F. The highest BCUT2D eigenvalue weighted by molar-refractivity contribution is 6.31. The second-order valence-corrected chi connectivity index (χ2v) is 3.79. The summed E-state index contributed by atoms with van der Waals surface area (Å²) in [5.74, 6) is -0.789. The van der Waals surface area contributed by atoms with Crippen molar-refractivity contribution in [3.63, 3.8) is 0 Å². The van der Waals surface area contributed by atoms with E-state index in [-0.39, 0.29) is 29.4 Å². The number of ether oxygens (including phenoxy) is 1. The van der Waals surface area contributed by atoms with Crippen molar-refractivity contribution in [3.05, 3.63) is 28.3 Å². The van der Waals surface area contributed by atoms with Crippen molar-refractivity contribution in [2.45, 2.75) is 12.6 Å². The van der Waals surface area contributed by atoms with E-state index < -0.39 is 17.5 Å². The molecule has 0 atom stereocenters. The average molecular weight is 251 g/mol. The standard InChI is InChI=1S/C10H6ClF3O2/c11-5-3-6-8(15)1-2-16-9(6)7(4-5)10(12,13)14/h3-4H,1-2H2. The third-order valence-electron chi connectivity index (χ3n) is 2.24. The maximum atomic E-state index is 12.6. The molecule has 6 heteroatoms. The van der Waals surface area contributed by atoms with Crippen molar-refractivity contribution < 1.29 is 22.7 Å². The van der Waals surface area contributed by atoms with Gasteiger partial charge in [-0.3, -0.25) is 4.79 Å². The van der Waals surface area contributed by atoms with Crippen LogP contribution in [0.5, 0.6) is 5.75 Å². The average Bonchev–Trinajstić information content (AvgIpc) is 2.17. The Morgan fingerprint density at radius 2 is 2.00 bits per heavy atom. The largest absolute Gasteiger partial charge is 0.492 e. The van der Waals surface area contributed by atoms with Crippen LogP contribution in [-0.4, -0.2) is 12.4 Å². The number of fused-ring (bicyclic) bond motifs is 1. The summed E-state index contributed by atoms with van der Waals surface area (Å²) in [6, 6.07) is 1.96. The maximum Gasteiger partial charge on any atom is 0.420 e. The molecule has 0 aromatic heterocycles. The number of hydrogen-bond acceptors (Lipinski definition) is 2. The van der Waals surface area contributed by atoms with Gasteiger partial charge in [0.25, 0.3) is 0 Å². The summed E-state index contributed by atoms with van der Waals surface area (Å²) in [5.41, 5.74) is -1.09. The first-order valence-electron chi connectivity index (χ1n) is 4.46. The molecule has 1 aliphatic rings. The molecule has 0 aliphatic carbocycles. The predicted octanol–water partition coefficient (Wildman–Crippen LogP) is 3.32. The second-order valence-electron chi connectivity index (χ2n) is 3.35. The molecule has 0 radical (unpaired) electrons. The lowest BCUT2D eigenvalue weighted by atomic mass is 10.0. The molecule has 2 rings (SSSR count). The smallest absolute Gasteiger partial charge is 0.420 e. The lowest BCUT2D eigenvalue weighted by Gasteiger charge is -2.21. The van der Waals surface area contributed by atoms with Crippen LogP contribution in [0.1, 0.15) is 22.3 Å². The number of carbonyl (C=O) groups excluding carboxylic acids is 1. The highest BCUT2D eigenvalue weighted by Crippen LogP contribution is 2.41. The zero-order valence-corrected chi connectivity index (χ0v) is 8.65. The molecule has 1 heterocycles. The number of ketones is 1. The minimum atomic E-state index is -4.58. The predicted molar refractivity (Wildman–Crippen MR) is 50.9 cm³/mol. The van der Waals surface area contributed by atoms with Gasteiger partial charge in [0, 0.05) is 11.4 Å². The van der Waals surface area contributed by atoms with Crippen molar-refractivity contribution in [2.75, 3.05) is 6.61 Å². The van der Waals surface area contributed by atoms with Gasteiger partial charge in [0.1, 0.15) is 5.75 Å².